The monoisotopic (exact) mass is 277 g/mol. The van der Waals surface area contributed by atoms with Crippen LogP contribution in [0.4, 0.5) is 16.2 Å². The lowest BCUT2D eigenvalue weighted by Crippen LogP contribution is -2.45. The van der Waals surface area contributed by atoms with Gasteiger partial charge in [-0.25, -0.2) is 4.79 Å². The van der Waals surface area contributed by atoms with E-state index >= 15 is 0 Å². The van der Waals surface area contributed by atoms with Crippen molar-refractivity contribution in [1.82, 2.24) is 4.90 Å². The highest BCUT2D eigenvalue weighted by Gasteiger charge is 2.23. The van der Waals surface area contributed by atoms with Gasteiger partial charge in [-0.3, -0.25) is 0 Å². The molecule has 1 atom stereocenters. The molecule has 0 aromatic heterocycles. The van der Waals surface area contributed by atoms with Crippen LogP contribution in [0.15, 0.2) is 24.3 Å². The van der Waals surface area contributed by atoms with E-state index in [1.54, 1.807) is 12.1 Å². The lowest BCUT2D eigenvalue weighted by molar-refractivity contribution is 0.0115. The molecule has 1 fully saturated rings. The molecule has 0 saturated carbocycles. The molecule has 1 unspecified atom stereocenters. The SMILES string of the molecule is CCCOC1CCCN(C(=O)Nc2cccc(N)c2)C1. The zero-order valence-corrected chi connectivity index (χ0v) is 12.0. The minimum absolute atomic E-state index is 0.0830. The van der Waals surface area contributed by atoms with Crippen molar-refractivity contribution < 1.29 is 9.53 Å². The Labute approximate surface area is 120 Å². The topological polar surface area (TPSA) is 67.6 Å². The highest BCUT2D eigenvalue weighted by molar-refractivity contribution is 5.89. The maximum Gasteiger partial charge on any atom is 0.321 e. The van der Waals surface area contributed by atoms with Crippen LogP contribution in [0.3, 0.4) is 0 Å². The number of urea groups is 1. The number of likely N-dealkylation sites (tertiary alicyclic amines) is 1. The molecule has 20 heavy (non-hydrogen) atoms. The molecular weight excluding hydrogens is 254 g/mol. The van der Waals surface area contributed by atoms with E-state index in [2.05, 4.69) is 12.2 Å². The van der Waals surface area contributed by atoms with E-state index < -0.39 is 0 Å². The number of rotatable bonds is 4. The van der Waals surface area contributed by atoms with Crippen LogP contribution >= 0.6 is 0 Å². The first-order valence-electron chi connectivity index (χ1n) is 7.22. The standard InChI is InChI=1S/C15H23N3O2/c1-2-9-20-14-7-4-8-18(11-14)15(19)17-13-6-3-5-12(16)10-13/h3,5-6,10,14H,2,4,7-9,11,16H2,1H3,(H,17,19). The lowest BCUT2D eigenvalue weighted by Gasteiger charge is -2.32. The van der Waals surface area contributed by atoms with Gasteiger partial charge < -0.3 is 20.7 Å². The number of nitrogens with one attached hydrogen (secondary N) is 1. The van der Waals surface area contributed by atoms with E-state index in [0.29, 0.717) is 12.2 Å². The molecule has 1 aromatic rings. The predicted molar refractivity (Wildman–Crippen MR) is 80.7 cm³/mol. The van der Waals surface area contributed by atoms with Gasteiger partial charge >= 0.3 is 6.03 Å². The predicted octanol–water partition coefficient (Wildman–Crippen LogP) is 2.69. The van der Waals surface area contributed by atoms with Gasteiger partial charge in [-0.15, -0.1) is 0 Å². The highest BCUT2D eigenvalue weighted by Crippen LogP contribution is 2.16. The van der Waals surface area contributed by atoms with Crippen molar-refractivity contribution in [1.29, 1.82) is 0 Å². The number of carbonyl (C=O) groups is 1. The molecule has 5 nitrogen and oxygen atoms in total. The summed E-state index contributed by atoms with van der Waals surface area (Å²) in [5.74, 6) is 0. The fourth-order valence-electron chi connectivity index (χ4n) is 2.36. The fourth-order valence-corrected chi connectivity index (χ4v) is 2.36. The molecule has 1 aliphatic heterocycles. The number of benzene rings is 1. The Kier molecular flexibility index (Phi) is 5.24. The smallest absolute Gasteiger partial charge is 0.321 e. The van der Waals surface area contributed by atoms with Gasteiger partial charge in [0.05, 0.1) is 6.10 Å². The number of amides is 2. The van der Waals surface area contributed by atoms with Crippen LogP contribution in [0.1, 0.15) is 26.2 Å². The Hall–Kier alpha value is -1.75. The number of carbonyl (C=O) groups excluding carboxylic acids is 1. The van der Waals surface area contributed by atoms with Gasteiger partial charge in [0.25, 0.3) is 0 Å². The lowest BCUT2D eigenvalue weighted by atomic mass is 10.1. The van der Waals surface area contributed by atoms with Crippen LogP contribution in [0.25, 0.3) is 0 Å². The molecule has 0 spiro atoms. The third-order valence-corrected chi connectivity index (χ3v) is 3.36. The molecule has 1 aliphatic rings. The van der Waals surface area contributed by atoms with E-state index in [1.807, 2.05) is 17.0 Å². The molecular formula is C15H23N3O2. The Balaban J connectivity index is 1.88. The van der Waals surface area contributed by atoms with Crippen molar-refractivity contribution in [2.45, 2.75) is 32.3 Å². The number of piperidine rings is 1. The number of anilines is 2. The number of nitrogens with zero attached hydrogens (tertiary/aromatic N) is 1. The molecule has 2 rings (SSSR count). The van der Waals surface area contributed by atoms with Crippen molar-refractivity contribution in [3.63, 3.8) is 0 Å². The summed E-state index contributed by atoms with van der Waals surface area (Å²) >= 11 is 0. The maximum absolute atomic E-state index is 12.2. The second-order valence-corrected chi connectivity index (χ2v) is 5.14. The maximum atomic E-state index is 12.2. The van der Waals surface area contributed by atoms with Crippen LogP contribution in [-0.2, 0) is 4.74 Å². The number of ether oxygens (including phenoxy) is 1. The van der Waals surface area contributed by atoms with Crippen LogP contribution in [0.5, 0.6) is 0 Å². The van der Waals surface area contributed by atoms with Crippen molar-refractivity contribution in [2.75, 3.05) is 30.7 Å². The first-order valence-corrected chi connectivity index (χ1v) is 7.22. The molecule has 1 aromatic carbocycles. The summed E-state index contributed by atoms with van der Waals surface area (Å²) in [6, 6.07) is 7.13. The van der Waals surface area contributed by atoms with Crippen molar-refractivity contribution in [3.8, 4) is 0 Å². The summed E-state index contributed by atoms with van der Waals surface area (Å²) in [6.45, 7) is 4.29. The number of nitrogens with two attached hydrogens (primary N) is 1. The number of nitrogen functional groups attached to an aromatic ring is 1. The third kappa shape index (κ3) is 4.13. The third-order valence-electron chi connectivity index (χ3n) is 3.36. The zero-order chi connectivity index (χ0) is 14.4. The number of hydrogen-bond donors (Lipinski definition) is 2. The Morgan fingerprint density at radius 2 is 2.40 bits per heavy atom. The molecule has 0 bridgehead atoms. The quantitative estimate of drug-likeness (QED) is 0.831. The largest absolute Gasteiger partial charge is 0.399 e. The van der Waals surface area contributed by atoms with E-state index in [4.69, 9.17) is 10.5 Å². The molecule has 110 valence electrons. The van der Waals surface area contributed by atoms with Gasteiger partial charge in [0.2, 0.25) is 0 Å². The van der Waals surface area contributed by atoms with Crippen LogP contribution in [0.2, 0.25) is 0 Å². The Morgan fingerprint density at radius 3 is 3.15 bits per heavy atom. The average molecular weight is 277 g/mol. The van der Waals surface area contributed by atoms with Gasteiger partial charge in [0.15, 0.2) is 0 Å². The van der Waals surface area contributed by atoms with Gasteiger partial charge in [0, 0.05) is 31.1 Å². The molecule has 2 amide bonds. The van der Waals surface area contributed by atoms with Crippen molar-refractivity contribution in [3.05, 3.63) is 24.3 Å². The van der Waals surface area contributed by atoms with Crippen LogP contribution in [-0.4, -0.2) is 36.7 Å². The first kappa shape index (κ1) is 14.7. The van der Waals surface area contributed by atoms with E-state index in [-0.39, 0.29) is 12.1 Å². The van der Waals surface area contributed by atoms with Crippen molar-refractivity contribution in [2.24, 2.45) is 0 Å². The molecule has 0 aliphatic carbocycles. The molecule has 5 heteroatoms. The van der Waals surface area contributed by atoms with Crippen molar-refractivity contribution >= 4 is 17.4 Å². The first-order chi connectivity index (χ1) is 9.69. The summed E-state index contributed by atoms with van der Waals surface area (Å²) in [4.78, 5) is 14.0. The van der Waals surface area contributed by atoms with E-state index in [9.17, 15) is 4.79 Å². The summed E-state index contributed by atoms with van der Waals surface area (Å²) in [5, 5.41) is 2.88. The molecule has 1 saturated heterocycles. The van der Waals surface area contributed by atoms with E-state index in [0.717, 1.165) is 38.1 Å². The van der Waals surface area contributed by atoms with Gasteiger partial charge in [-0.1, -0.05) is 13.0 Å². The molecule has 1 heterocycles. The van der Waals surface area contributed by atoms with Gasteiger partial charge in [-0.2, -0.15) is 0 Å². The minimum Gasteiger partial charge on any atom is -0.399 e. The van der Waals surface area contributed by atoms with Crippen LogP contribution in [0, 0.1) is 0 Å². The van der Waals surface area contributed by atoms with E-state index in [1.165, 1.54) is 0 Å². The fraction of sp³-hybridized carbons (Fsp3) is 0.533. The summed E-state index contributed by atoms with van der Waals surface area (Å²) in [7, 11) is 0. The Bertz CT molecular complexity index is 450. The molecule has 0 radical (unpaired) electrons. The second kappa shape index (κ2) is 7.14. The average Bonchev–Trinajstić information content (AvgIpc) is 2.45. The zero-order valence-electron chi connectivity index (χ0n) is 12.0. The van der Waals surface area contributed by atoms with Gasteiger partial charge in [0.1, 0.15) is 0 Å². The Morgan fingerprint density at radius 1 is 1.55 bits per heavy atom. The highest BCUT2D eigenvalue weighted by atomic mass is 16.5. The summed E-state index contributed by atoms with van der Waals surface area (Å²) in [6.07, 6.45) is 3.18. The van der Waals surface area contributed by atoms with Crippen LogP contribution < -0.4 is 11.1 Å². The second-order valence-electron chi connectivity index (χ2n) is 5.14. The summed E-state index contributed by atoms with van der Waals surface area (Å²) < 4.78 is 5.74. The molecule has 3 N–H and O–H groups in total. The van der Waals surface area contributed by atoms with Gasteiger partial charge in [-0.05, 0) is 37.5 Å². The minimum atomic E-state index is -0.0830. The normalized spacial score (nSPS) is 18.9. The number of hydrogen-bond acceptors (Lipinski definition) is 3. The summed E-state index contributed by atoms with van der Waals surface area (Å²) in [5.41, 5.74) is 7.08.